The number of nitrogens with zero attached hydrogens (tertiary/aromatic N) is 2. The molecule has 0 atom stereocenters. The van der Waals surface area contributed by atoms with Crippen molar-refractivity contribution in [3.8, 4) is 11.5 Å². The van der Waals surface area contributed by atoms with E-state index >= 15 is 0 Å². The van der Waals surface area contributed by atoms with Gasteiger partial charge in [-0.1, -0.05) is 18.2 Å². The van der Waals surface area contributed by atoms with Gasteiger partial charge in [0.15, 0.2) is 11.5 Å². The Hall–Kier alpha value is -2.60. The Kier molecular flexibility index (Phi) is 6.29. The number of halogens is 1. The molecular formula is C21H25FN2O3. The number of carbonyl (C=O) groups excluding carboxylic acids is 1. The average Bonchev–Trinajstić information content (AvgIpc) is 2.70. The lowest BCUT2D eigenvalue weighted by Gasteiger charge is -2.35. The average molecular weight is 372 g/mol. The van der Waals surface area contributed by atoms with Gasteiger partial charge in [-0.3, -0.25) is 9.69 Å². The van der Waals surface area contributed by atoms with Crippen molar-refractivity contribution in [2.24, 2.45) is 0 Å². The second-order valence-electron chi connectivity index (χ2n) is 6.65. The standard InChI is InChI=1S/C21H25FN2O3/c1-26-19-8-5-17(13-20(19)27-2)15-23-9-11-24(12-10-23)21(25)14-16-3-6-18(22)7-4-16/h3-8,13H,9-12,14-15H2,1-2H3. The van der Waals surface area contributed by atoms with Crippen LogP contribution in [0.25, 0.3) is 0 Å². The molecular weight excluding hydrogens is 347 g/mol. The van der Waals surface area contributed by atoms with E-state index in [0.717, 1.165) is 42.3 Å². The molecule has 1 aliphatic rings. The number of carbonyl (C=O) groups is 1. The molecule has 144 valence electrons. The molecule has 1 saturated heterocycles. The molecule has 0 spiro atoms. The van der Waals surface area contributed by atoms with Gasteiger partial charge in [-0.2, -0.15) is 0 Å². The molecule has 1 amide bonds. The Morgan fingerprint density at radius 2 is 1.56 bits per heavy atom. The van der Waals surface area contributed by atoms with E-state index in [-0.39, 0.29) is 11.7 Å². The summed E-state index contributed by atoms with van der Waals surface area (Å²) >= 11 is 0. The summed E-state index contributed by atoms with van der Waals surface area (Å²) in [5.41, 5.74) is 1.99. The van der Waals surface area contributed by atoms with Crippen LogP contribution in [0.1, 0.15) is 11.1 Å². The normalized spacial score (nSPS) is 14.9. The van der Waals surface area contributed by atoms with Crippen molar-refractivity contribution in [3.05, 3.63) is 59.4 Å². The summed E-state index contributed by atoms with van der Waals surface area (Å²) in [6.45, 7) is 3.86. The summed E-state index contributed by atoms with van der Waals surface area (Å²) in [5.74, 6) is 1.25. The highest BCUT2D eigenvalue weighted by molar-refractivity contribution is 5.78. The zero-order chi connectivity index (χ0) is 19.2. The van der Waals surface area contributed by atoms with E-state index in [9.17, 15) is 9.18 Å². The van der Waals surface area contributed by atoms with Crippen LogP contribution in [-0.4, -0.2) is 56.1 Å². The van der Waals surface area contributed by atoms with Crippen LogP contribution in [0.4, 0.5) is 4.39 Å². The molecule has 6 heteroatoms. The highest BCUT2D eigenvalue weighted by Crippen LogP contribution is 2.28. The van der Waals surface area contributed by atoms with Crippen LogP contribution in [0.2, 0.25) is 0 Å². The van der Waals surface area contributed by atoms with Gasteiger partial charge in [0.1, 0.15) is 5.82 Å². The number of hydrogen-bond donors (Lipinski definition) is 0. The van der Waals surface area contributed by atoms with Crippen molar-refractivity contribution in [2.75, 3.05) is 40.4 Å². The molecule has 5 nitrogen and oxygen atoms in total. The first-order valence-electron chi connectivity index (χ1n) is 9.04. The van der Waals surface area contributed by atoms with Crippen molar-refractivity contribution in [1.29, 1.82) is 0 Å². The fourth-order valence-corrected chi connectivity index (χ4v) is 3.28. The monoisotopic (exact) mass is 372 g/mol. The lowest BCUT2D eigenvalue weighted by atomic mass is 10.1. The van der Waals surface area contributed by atoms with Crippen LogP contribution >= 0.6 is 0 Å². The van der Waals surface area contributed by atoms with E-state index in [4.69, 9.17) is 9.47 Å². The number of hydrogen-bond acceptors (Lipinski definition) is 4. The molecule has 2 aromatic carbocycles. The summed E-state index contributed by atoms with van der Waals surface area (Å²) in [6.07, 6.45) is 0.315. The van der Waals surface area contributed by atoms with Gasteiger partial charge in [-0.05, 0) is 35.4 Å². The molecule has 1 aliphatic heterocycles. The Labute approximate surface area is 159 Å². The van der Waals surface area contributed by atoms with Crippen molar-refractivity contribution < 1.29 is 18.7 Å². The van der Waals surface area contributed by atoms with Gasteiger partial charge in [0.25, 0.3) is 0 Å². The lowest BCUT2D eigenvalue weighted by molar-refractivity contribution is -0.132. The minimum atomic E-state index is -0.282. The second-order valence-corrected chi connectivity index (χ2v) is 6.65. The SMILES string of the molecule is COc1ccc(CN2CCN(C(=O)Cc3ccc(F)cc3)CC2)cc1OC. The van der Waals surface area contributed by atoms with Gasteiger partial charge in [0.2, 0.25) is 5.91 Å². The van der Waals surface area contributed by atoms with Crippen molar-refractivity contribution in [3.63, 3.8) is 0 Å². The largest absolute Gasteiger partial charge is 0.493 e. The molecule has 0 unspecified atom stereocenters. The van der Waals surface area contributed by atoms with E-state index in [1.807, 2.05) is 23.1 Å². The number of methoxy groups -OCH3 is 2. The third kappa shape index (κ3) is 4.98. The Morgan fingerprint density at radius 1 is 0.926 bits per heavy atom. The predicted molar refractivity (Wildman–Crippen MR) is 102 cm³/mol. The van der Waals surface area contributed by atoms with Gasteiger partial charge in [0, 0.05) is 32.7 Å². The van der Waals surface area contributed by atoms with Crippen molar-refractivity contribution in [2.45, 2.75) is 13.0 Å². The Balaban J connectivity index is 1.51. The maximum atomic E-state index is 13.0. The fourth-order valence-electron chi connectivity index (χ4n) is 3.28. The summed E-state index contributed by atoms with van der Waals surface area (Å²) in [6, 6.07) is 12.1. The third-order valence-electron chi connectivity index (χ3n) is 4.85. The Morgan fingerprint density at radius 3 is 2.19 bits per heavy atom. The molecule has 1 fully saturated rings. The summed E-state index contributed by atoms with van der Waals surface area (Å²) in [5, 5.41) is 0. The maximum Gasteiger partial charge on any atom is 0.227 e. The van der Waals surface area contributed by atoms with Gasteiger partial charge in [-0.25, -0.2) is 4.39 Å². The smallest absolute Gasteiger partial charge is 0.227 e. The van der Waals surface area contributed by atoms with Gasteiger partial charge in [0.05, 0.1) is 20.6 Å². The molecule has 0 aliphatic carbocycles. The van der Waals surface area contributed by atoms with Crippen LogP contribution in [0.15, 0.2) is 42.5 Å². The minimum Gasteiger partial charge on any atom is -0.493 e. The summed E-state index contributed by atoms with van der Waals surface area (Å²) in [4.78, 5) is 16.7. The number of ether oxygens (including phenoxy) is 2. The molecule has 2 aromatic rings. The van der Waals surface area contributed by atoms with E-state index < -0.39 is 0 Å². The van der Waals surface area contributed by atoms with Crippen LogP contribution in [0, 0.1) is 5.82 Å². The first-order chi connectivity index (χ1) is 13.1. The van der Waals surface area contributed by atoms with E-state index in [2.05, 4.69) is 4.90 Å². The Bertz CT molecular complexity index is 771. The van der Waals surface area contributed by atoms with E-state index in [1.54, 1.807) is 26.4 Å². The first-order valence-corrected chi connectivity index (χ1v) is 9.04. The lowest BCUT2D eigenvalue weighted by Crippen LogP contribution is -2.48. The number of rotatable bonds is 6. The number of amides is 1. The topological polar surface area (TPSA) is 42.0 Å². The number of benzene rings is 2. The predicted octanol–water partition coefficient (Wildman–Crippen LogP) is 2.73. The zero-order valence-electron chi connectivity index (χ0n) is 15.8. The van der Waals surface area contributed by atoms with Gasteiger partial charge in [-0.15, -0.1) is 0 Å². The van der Waals surface area contributed by atoms with E-state index in [0.29, 0.717) is 19.5 Å². The van der Waals surface area contributed by atoms with Crippen LogP contribution < -0.4 is 9.47 Å². The molecule has 0 aromatic heterocycles. The van der Waals surface area contributed by atoms with Crippen molar-refractivity contribution in [1.82, 2.24) is 9.80 Å². The third-order valence-corrected chi connectivity index (χ3v) is 4.85. The fraction of sp³-hybridized carbons (Fsp3) is 0.381. The highest BCUT2D eigenvalue weighted by Gasteiger charge is 2.21. The second kappa shape index (κ2) is 8.86. The van der Waals surface area contributed by atoms with Crippen molar-refractivity contribution >= 4 is 5.91 Å². The van der Waals surface area contributed by atoms with Gasteiger partial charge >= 0.3 is 0 Å². The molecule has 0 saturated carbocycles. The summed E-state index contributed by atoms with van der Waals surface area (Å²) < 4.78 is 23.6. The summed E-state index contributed by atoms with van der Waals surface area (Å²) in [7, 11) is 3.26. The van der Waals surface area contributed by atoms with Gasteiger partial charge < -0.3 is 14.4 Å². The molecule has 3 rings (SSSR count). The maximum absolute atomic E-state index is 13.0. The zero-order valence-corrected chi connectivity index (χ0v) is 15.8. The number of piperazine rings is 1. The molecule has 0 bridgehead atoms. The first kappa shape index (κ1) is 19.2. The minimum absolute atomic E-state index is 0.0902. The molecule has 0 radical (unpaired) electrons. The van der Waals surface area contributed by atoms with Crippen LogP contribution in [0.5, 0.6) is 11.5 Å². The van der Waals surface area contributed by atoms with Crippen LogP contribution in [0.3, 0.4) is 0 Å². The van der Waals surface area contributed by atoms with Crippen LogP contribution in [-0.2, 0) is 17.8 Å². The van der Waals surface area contributed by atoms with E-state index in [1.165, 1.54) is 12.1 Å². The quantitative estimate of drug-likeness (QED) is 0.782. The molecule has 27 heavy (non-hydrogen) atoms. The molecule has 0 N–H and O–H groups in total. The highest BCUT2D eigenvalue weighted by atomic mass is 19.1. The molecule has 1 heterocycles.